The zero-order chi connectivity index (χ0) is 15.8. The van der Waals surface area contributed by atoms with Gasteiger partial charge in [0.1, 0.15) is 22.9 Å². The van der Waals surface area contributed by atoms with Gasteiger partial charge < -0.3 is 10.2 Å². The van der Waals surface area contributed by atoms with Crippen LogP contribution in [-0.4, -0.2) is 41.1 Å². The molecule has 0 amide bonds. The molecule has 1 aliphatic rings. The summed E-state index contributed by atoms with van der Waals surface area (Å²) in [5.41, 5.74) is 1.80. The molecule has 0 atom stereocenters. The van der Waals surface area contributed by atoms with E-state index in [0.717, 1.165) is 26.2 Å². The highest BCUT2D eigenvalue weighted by atomic mass is 19.1. The van der Waals surface area contributed by atoms with Gasteiger partial charge in [-0.3, -0.25) is 4.98 Å². The summed E-state index contributed by atoms with van der Waals surface area (Å²) in [6, 6.07) is 4.66. The van der Waals surface area contributed by atoms with Crippen molar-refractivity contribution in [2.24, 2.45) is 0 Å². The minimum Gasteiger partial charge on any atom is -0.352 e. The van der Waals surface area contributed by atoms with E-state index in [4.69, 9.17) is 5.26 Å². The Morgan fingerprint density at radius 3 is 2.61 bits per heavy atom. The second-order valence-corrected chi connectivity index (χ2v) is 5.39. The highest BCUT2D eigenvalue weighted by Gasteiger charge is 2.19. The van der Waals surface area contributed by atoms with Crippen LogP contribution in [0.2, 0.25) is 0 Å². The lowest BCUT2D eigenvalue weighted by molar-refractivity contribution is 0.586. The van der Waals surface area contributed by atoms with Crippen LogP contribution in [0, 0.1) is 17.1 Å². The van der Waals surface area contributed by atoms with Crippen LogP contribution < -0.4 is 10.2 Å². The predicted molar refractivity (Wildman–Crippen MR) is 84.6 cm³/mol. The molecule has 7 heteroatoms. The summed E-state index contributed by atoms with van der Waals surface area (Å²) < 4.78 is 14.0. The van der Waals surface area contributed by atoms with E-state index in [1.54, 1.807) is 12.4 Å². The number of fused-ring (bicyclic) bond motifs is 3. The molecule has 1 aromatic carbocycles. The van der Waals surface area contributed by atoms with Gasteiger partial charge in [0.05, 0.1) is 11.1 Å². The summed E-state index contributed by atoms with van der Waals surface area (Å²) in [4.78, 5) is 15.6. The first-order valence-corrected chi connectivity index (χ1v) is 7.37. The number of nitriles is 1. The van der Waals surface area contributed by atoms with Crippen LogP contribution >= 0.6 is 0 Å². The highest BCUT2D eigenvalue weighted by Crippen LogP contribution is 2.30. The zero-order valence-corrected chi connectivity index (χ0v) is 12.3. The summed E-state index contributed by atoms with van der Waals surface area (Å²) >= 11 is 0. The number of halogens is 1. The number of piperazine rings is 1. The molecule has 1 aliphatic heterocycles. The Labute approximate surface area is 131 Å². The Bertz CT molecular complexity index is 943. The minimum absolute atomic E-state index is 0.0128. The van der Waals surface area contributed by atoms with E-state index in [0.29, 0.717) is 27.8 Å². The monoisotopic (exact) mass is 308 g/mol. The minimum atomic E-state index is -0.568. The van der Waals surface area contributed by atoms with E-state index >= 15 is 0 Å². The maximum atomic E-state index is 14.0. The molecule has 1 saturated heterocycles. The molecule has 0 aliphatic carbocycles. The molecule has 114 valence electrons. The number of pyridine rings is 1. The Balaban J connectivity index is 2.04. The Morgan fingerprint density at radius 1 is 1.13 bits per heavy atom. The second kappa shape index (κ2) is 5.41. The highest BCUT2D eigenvalue weighted by molar-refractivity contribution is 6.06. The number of rotatable bonds is 1. The molecule has 4 rings (SSSR count). The number of hydrogen-bond acceptors (Lipinski definition) is 6. The van der Waals surface area contributed by atoms with Crippen molar-refractivity contribution in [3.8, 4) is 6.07 Å². The van der Waals surface area contributed by atoms with Gasteiger partial charge in [0.15, 0.2) is 5.82 Å². The Kier molecular flexibility index (Phi) is 3.24. The summed E-state index contributed by atoms with van der Waals surface area (Å²) in [5.74, 6) is 0.146. The first-order chi connectivity index (χ1) is 11.3. The molecule has 0 saturated carbocycles. The molecule has 3 heterocycles. The van der Waals surface area contributed by atoms with Crippen LogP contribution in [0.3, 0.4) is 0 Å². The van der Waals surface area contributed by atoms with Gasteiger partial charge in [-0.15, -0.1) is 0 Å². The van der Waals surface area contributed by atoms with Crippen LogP contribution in [-0.2, 0) is 0 Å². The molecule has 0 bridgehead atoms. The topological polar surface area (TPSA) is 77.7 Å². The fourth-order valence-corrected chi connectivity index (χ4v) is 2.89. The van der Waals surface area contributed by atoms with Crippen LogP contribution in [0.4, 0.5) is 10.2 Å². The summed E-state index contributed by atoms with van der Waals surface area (Å²) in [5, 5.41) is 13.0. The van der Waals surface area contributed by atoms with Gasteiger partial charge in [0, 0.05) is 50.0 Å². The average molecular weight is 308 g/mol. The predicted octanol–water partition coefficient (Wildman–Crippen LogP) is 1.60. The van der Waals surface area contributed by atoms with Crippen molar-refractivity contribution < 1.29 is 4.39 Å². The van der Waals surface area contributed by atoms with Crippen molar-refractivity contribution in [1.82, 2.24) is 20.3 Å². The third kappa shape index (κ3) is 2.24. The first kappa shape index (κ1) is 13.8. The van der Waals surface area contributed by atoms with Gasteiger partial charge in [-0.05, 0) is 6.07 Å². The molecule has 2 aromatic heterocycles. The van der Waals surface area contributed by atoms with Gasteiger partial charge in [-0.25, -0.2) is 14.4 Å². The Morgan fingerprint density at radius 2 is 1.87 bits per heavy atom. The lowest BCUT2D eigenvalue weighted by Crippen LogP contribution is -2.44. The summed E-state index contributed by atoms with van der Waals surface area (Å²) in [6.07, 6.45) is 3.22. The molecule has 1 N–H and O–H groups in total. The molecule has 0 spiro atoms. The fraction of sp³-hybridized carbons (Fsp3) is 0.250. The number of nitrogens with one attached hydrogen (secondary N) is 1. The molecule has 1 fully saturated rings. The molecule has 0 radical (unpaired) electrons. The van der Waals surface area contributed by atoms with Gasteiger partial charge in [0.2, 0.25) is 0 Å². The second-order valence-electron chi connectivity index (χ2n) is 5.39. The van der Waals surface area contributed by atoms with Crippen molar-refractivity contribution in [1.29, 1.82) is 5.26 Å². The van der Waals surface area contributed by atoms with E-state index in [-0.39, 0.29) is 5.56 Å². The van der Waals surface area contributed by atoms with E-state index in [2.05, 4.69) is 25.2 Å². The van der Waals surface area contributed by atoms with E-state index < -0.39 is 5.82 Å². The number of benzene rings is 1. The zero-order valence-electron chi connectivity index (χ0n) is 12.3. The van der Waals surface area contributed by atoms with E-state index in [1.165, 1.54) is 12.1 Å². The molecule has 23 heavy (non-hydrogen) atoms. The molecule has 6 nitrogen and oxygen atoms in total. The van der Waals surface area contributed by atoms with E-state index in [9.17, 15) is 4.39 Å². The number of anilines is 1. The SMILES string of the molecule is N#Cc1cc2c(cc1F)nc(N1CCNCC1)c1nccnc12. The van der Waals surface area contributed by atoms with Crippen LogP contribution in [0.15, 0.2) is 24.5 Å². The number of aromatic nitrogens is 3. The van der Waals surface area contributed by atoms with Crippen LogP contribution in [0.5, 0.6) is 0 Å². The van der Waals surface area contributed by atoms with Crippen molar-refractivity contribution >= 4 is 27.8 Å². The third-order valence-corrected chi connectivity index (χ3v) is 4.01. The quantitative estimate of drug-likeness (QED) is 0.688. The number of nitrogens with zero attached hydrogens (tertiary/aromatic N) is 5. The fourth-order valence-electron chi connectivity index (χ4n) is 2.89. The molecular weight excluding hydrogens is 295 g/mol. The van der Waals surface area contributed by atoms with Gasteiger partial charge in [-0.2, -0.15) is 5.26 Å². The lowest BCUT2D eigenvalue weighted by atomic mass is 10.1. The van der Waals surface area contributed by atoms with Crippen molar-refractivity contribution in [2.45, 2.75) is 0 Å². The molecule has 3 aromatic rings. The molecule has 0 unspecified atom stereocenters. The van der Waals surface area contributed by atoms with Crippen LogP contribution in [0.1, 0.15) is 5.56 Å². The van der Waals surface area contributed by atoms with Crippen LogP contribution in [0.25, 0.3) is 21.9 Å². The number of hydrogen-bond donors (Lipinski definition) is 1. The first-order valence-electron chi connectivity index (χ1n) is 7.37. The summed E-state index contributed by atoms with van der Waals surface area (Å²) in [6.45, 7) is 3.35. The van der Waals surface area contributed by atoms with Crippen molar-refractivity contribution in [2.75, 3.05) is 31.1 Å². The van der Waals surface area contributed by atoms with Gasteiger partial charge in [-0.1, -0.05) is 0 Å². The standard InChI is InChI=1S/C16H13FN6/c17-12-8-13-11(7-10(12)9-18)14-15(21-2-1-20-14)16(22-13)23-5-3-19-4-6-23/h1-2,7-8,19H,3-6H2. The smallest absolute Gasteiger partial charge is 0.157 e. The molecular formula is C16H13FN6. The average Bonchev–Trinajstić information content (AvgIpc) is 2.61. The third-order valence-electron chi connectivity index (χ3n) is 4.01. The van der Waals surface area contributed by atoms with Crippen molar-refractivity contribution in [3.63, 3.8) is 0 Å². The van der Waals surface area contributed by atoms with E-state index in [1.807, 2.05) is 6.07 Å². The normalized spacial score (nSPS) is 15.0. The maximum absolute atomic E-state index is 14.0. The van der Waals surface area contributed by atoms with Crippen molar-refractivity contribution in [3.05, 3.63) is 35.9 Å². The Hall–Kier alpha value is -2.85. The summed E-state index contributed by atoms with van der Waals surface area (Å²) in [7, 11) is 0. The van der Waals surface area contributed by atoms with Gasteiger partial charge in [0.25, 0.3) is 0 Å². The lowest BCUT2D eigenvalue weighted by Gasteiger charge is -2.29. The maximum Gasteiger partial charge on any atom is 0.157 e. The van der Waals surface area contributed by atoms with Gasteiger partial charge >= 0.3 is 0 Å². The largest absolute Gasteiger partial charge is 0.352 e.